The van der Waals surface area contributed by atoms with E-state index < -0.39 is 0 Å². The lowest BCUT2D eigenvalue weighted by molar-refractivity contribution is 0.0942. The van der Waals surface area contributed by atoms with Gasteiger partial charge in [0.25, 0.3) is 0 Å². The van der Waals surface area contributed by atoms with Gasteiger partial charge in [-0.2, -0.15) is 0 Å². The van der Waals surface area contributed by atoms with E-state index in [0.717, 1.165) is 0 Å². The number of halogens is 1. The summed E-state index contributed by atoms with van der Waals surface area (Å²) in [4.78, 5) is 1.92. The first kappa shape index (κ1) is 10.2. The van der Waals surface area contributed by atoms with Gasteiger partial charge in [0.1, 0.15) is 0 Å². The molecule has 0 aliphatic heterocycles. The average Bonchev–Trinajstić information content (AvgIpc) is 1.88. The highest BCUT2D eigenvalue weighted by atomic mass is 79.9. The van der Waals surface area contributed by atoms with Crippen molar-refractivity contribution in [2.24, 2.45) is 5.92 Å². The second-order valence-electron chi connectivity index (χ2n) is 2.75. The number of ether oxygens (including phenoxy) is 1. The van der Waals surface area contributed by atoms with Crippen LogP contribution in [0, 0.1) is 5.92 Å². The Morgan fingerprint density at radius 2 is 2.00 bits per heavy atom. The van der Waals surface area contributed by atoms with Crippen LogP contribution in [0.1, 0.15) is 20.8 Å². The summed E-state index contributed by atoms with van der Waals surface area (Å²) in [6.45, 7) is 6.35. The molecule has 60 valence electrons. The van der Waals surface area contributed by atoms with E-state index in [1.54, 1.807) is 7.11 Å². The van der Waals surface area contributed by atoms with Crippen molar-refractivity contribution >= 4 is 15.9 Å². The fraction of sp³-hybridized carbons (Fsp3) is 0.750. The molecule has 0 saturated heterocycles. The van der Waals surface area contributed by atoms with E-state index in [-0.39, 0.29) is 6.10 Å². The van der Waals surface area contributed by atoms with Gasteiger partial charge in [-0.05, 0) is 23.4 Å². The van der Waals surface area contributed by atoms with Gasteiger partial charge in [0.2, 0.25) is 0 Å². The van der Waals surface area contributed by atoms with Crippen molar-refractivity contribution in [2.45, 2.75) is 26.9 Å². The molecule has 2 heteroatoms. The van der Waals surface area contributed by atoms with Crippen molar-refractivity contribution in [1.29, 1.82) is 0 Å². The highest BCUT2D eigenvalue weighted by Gasteiger charge is 2.12. The van der Waals surface area contributed by atoms with Gasteiger partial charge in [0.05, 0.1) is 6.10 Å². The first-order valence-electron chi connectivity index (χ1n) is 3.43. The highest BCUT2D eigenvalue weighted by Crippen LogP contribution is 2.15. The van der Waals surface area contributed by atoms with Crippen molar-refractivity contribution in [2.75, 3.05) is 7.11 Å². The topological polar surface area (TPSA) is 9.23 Å². The number of methoxy groups -OCH3 is 1. The van der Waals surface area contributed by atoms with Gasteiger partial charge in [-0.15, -0.1) is 0 Å². The molecular weight excluding hydrogens is 192 g/mol. The van der Waals surface area contributed by atoms with E-state index >= 15 is 0 Å². The van der Waals surface area contributed by atoms with Crippen LogP contribution in [0.15, 0.2) is 10.6 Å². The van der Waals surface area contributed by atoms with Crippen LogP contribution >= 0.6 is 15.9 Å². The van der Waals surface area contributed by atoms with E-state index in [1.807, 2.05) is 4.99 Å². The fourth-order valence-corrected chi connectivity index (χ4v) is 1.31. The molecule has 0 fully saturated rings. The van der Waals surface area contributed by atoms with Crippen molar-refractivity contribution in [1.82, 2.24) is 0 Å². The lowest BCUT2D eigenvalue weighted by Gasteiger charge is -2.19. The molecule has 0 aromatic carbocycles. The first-order valence-corrected chi connectivity index (χ1v) is 4.34. The highest BCUT2D eigenvalue weighted by molar-refractivity contribution is 9.11. The van der Waals surface area contributed by atoms with Gasteiger partial charge >= 0.3 is 0 Å². The predicted molar refractivity (Wildman–Crippen MR) is 48.3 cm³/mol. The van der Waals surface area contributed by atoms with E-state index in [4.69, 9.17) is 4.74 Å². The maximum Gasteiger partial charge on any atom is 0.0809 e. The van der Waals surface area contributed by atoms with Crippen LogP contribution in [0.25, 0.3) is 0 Å². The molecule has 10 heavy (non-hydrogen) atoms. The van der Waals surface area contributed by atoms with Crippen molar-refractivity contribution < 1.29 is 4.74 Å². The van der Waals surface area contributed by atoms with E-state index in [1.165, 1.54) is 5.57 Å². The molecule has 1 nitrogen and oxygen atoms in total. The molecule has 0 aromatic heterocycles. The summed E-state index contributed by atoms with van der Waals surface area (Å²) >= 11 is 3.28. The summed E-state index contributed by atoms with van der Waals surface area (Å²) in [5.41, 5.74) is 1.23. The van der Waals surface area contributed by atoms with Gasteiger partial charge in [-0.1, -0.05) is 29.8 Å². The Morgan fingerprint density at radius 1 is 1.50 bits per heavy atom. The summed E-state index contributed by atoms with van der Waals surface area (Å²) in [5.74, 6) is 0.541. The van der Waals surface area contributed by atoms with Gasteiger partial charge < -0.3 is 4.74 Å². The summed E-state index contributed by atoms with van der Waals surface area (Å²) in [6.07, 6.45) is 0.249. The molecule has 0 aliphatic rings. The maximum atomic E-state index is 5.27. The van der Waals surface area contributed by atoms with E-state index in [2.05, 4.69) is 36.7 Å². The monoisotopic (exact) mass is 206 g/mol. The Morgan fingerprint density at radius 3 is 2.10 bits per heavy atom. The van der Waals surface area contributed by atoms with Crippen LogP contribution < -0.4 is 0 Å². The molecule has 0 N–H and O–H groups in total. The minimum absolute atomic E-state index is 0.249. The Balaban J connectivity index is 4.07. The summed E-state index contributed by atoms with van der Waals surface area (Å²) in [6, 6.07) is 0. The summed E-state index contributed by atoms with van der Waals surface area (Å²) in [5, 5.41) is 0. The van der Waals surface area contributed by atoms with Gasteiger partial charge in [0, 0.05) is 7.11 Å². The van der Waals surface area contributed by atoms with Crippen LogP contribution in [0.2, 0.25) is 0 Å². The van der Waals surface area contributed by atoms with Crippen molar-refractivity contribution in [3.05, 3.63) is 10.6 Å². The quantitative estimate of drug-likeness (QED) is 0.691. The zero-order valence-electron chi connectivity index (χ0n) is 7.02. The second kappa shape index (κ2) is 4.91. The zero-order chi connectivity index (χ0) is 8.15. The molecule has 0 radical (unpaired) electrons. The summed E-state index contributed by atoms with van der Waals surface area (Å²) in [7, 11) is 1.74. The normalized spacial score (nSPS) is 16.0. The minimum Gasteiger partial charge on any atom is -0.377 e. The smallest absolute Gasteiger partial charge is 0.0809 e. The van der Waals surface area contributed by atoms with Crippen LogP contribution in [0.5, 0.6) is 0 Å². The minimum atomic E-state index is 0.249. The fourth-order valence-electron chi connectivity index (χ4n) is 1.05. The molecule has 0 spiro atoms. The molecule has 0 rings (SSSR count). The largest absolute Gasteiger partial charge is 0.377 e. The SMILES string of the molecule is COC(/C(C)=C/Br)C(C)C. The Bertz CT molecular complexity index is 118. The van der Waals surface area contributed by atoms with Gasteiger partial charge in [-0.25, -0.2) is 0 Å². The molecule has 0 bridgehead atoms. The molecule has 1 atom stereocenters. The molecule has 1 unspecified atom stereocenters. The zero-order valence-corrected chi connectivity index (χ0v) is 8.60. The standard InChI is InChI=1S/C8H15BrO/c1-6(2)8(10-4)7(3)5-9/h5-6,8H,1-4H3/b7-5+. The lowest BCUT2D eigenvalue weighted by Crippen LogP contribution is -2.18. The maximum absolute atomic E-state index is 5.27. The Hall–Kier alpha value is 0.180. The van der Waals surface area contributed by atoms with Crippen LogP contribution in [0.3, 0.4) is 0 Å². The Kier molecular flexibility index (Phi) is 5.00. The third kappa shape index (κ3) is 2.84. The molecular formula is C8H15BrO. The van der Waals surface area contributed by atoms with Gasteiger partial charge in [-0.3, -0.25) is 0 Å². The number of hydrogen-bond acceptors (Lipinski definition) is 1. The third-order valence-electron chi connectivity index (χ3n) is 1.48. The van der Waals surface area contributed by atoms with E-state index in [0.29, 0.717) is 5.92 Å². The molecule has 0 heterocycles. The first-order chi connectivity index (χ1) is 4.63. The molecule has 0 aromatic rings. The number of rotatable bonds is 3. The number of hydrogen-bond donors (Lipinski definition) is 0. The predicted octanol–water partition coefficient (Wildman–Crippen LogP) is 2.96. The van der Waals surface area contributed by atoms with Crippen molar-refractivity contribution in [3.63, 3.8) is 0 Å². The van der Waals surface area contributed by atoms with Gasteiger partial charge in [0.15, 0.2) is 0 Å². The van der Waals surface area contributed by atoms with Crippen LogP contribution in [-0.4, -0.2) is 13.2 Å². The lowest BCUT2D eigenvalue weighted by atomic mass is 10.0. The molecule has 0 saturated carbocycles. The van der Waals surface area contributed by atoms with Crippen molar-refractivity contribution in [3.8, 4) is 0 Å². The summed E-state index contributed by atoms with van der Waals surface area (Å²) < 4.78 is 5.27. The Labute approximate surface area is 71.6 Å². The van der Waals surface area contributed by atoms with E-state index in [9.17, 15) is 0 Å². The molecule has 0 aliphatic carbocycles. The second-order valence-corrected chi connectivity index (χ2v) is 3.21. The molecule has 0 amide bonds. The van der Waals surface area contributed by atoms with Crippen LogP contribution in [0.4, 0.5) is 0 Å². The average molecular weight is 207 g/mol. The third-order valence-corrected chi connectivity index (χ3v) is 2.20. The van der Waals surface area contributed by atoms with Crippen LogP contribution in [-0.2, 0) is 4.74 Å².